The molecule has 81 heavy (non-hydrogen) atoms. The van der Waals surface area contributed by atoms with Gasteiger partial charge in [0.2, 0.25) is 11.6 Å². The third-order valence-corrected chi connectivity index (χ3v) is 12.5. The lowest BCUT2D eigenvalue weighted by Gasteiger charge is -2.28. The van der Waals surface area contributed by atoms with Gasteiger partial charge in [0.15, 0.2) is 5.98 Å². The van der Waals surface area contributed by atoms with Crippen LogP contribution in [0.15, 0.2) is 64.7 Å². The highest BCUT2D eigenvalue weighted by molar-refractivity contribution is 8.20. The lowest BCUT2D eigenvalue weighted by Crippen LogP contribution is -2.34. The number of H-pyrrole nitrogens is 2. The van der Waals surface area contributed by atoms with Crippen LogP contribution in [0.4, 0.5) is 20.5 Å². The molecule has 2 fully saturated rings. The maximum absolute atomic E-state index is 13.6. The summed E-state index contributed by atoms with van der Waals surface area (Å²) in [5, 5.41) is 68.9. The highest BCUT2D eigenvalue weighted by atomic mass is 36.0. The zero-order valence-corrected chi connectivity index (χ0v) is 50.2. The van der Waals surface area contributed by atoms with E-state index in [9.17, 15) is 63.0 Å². The number of nitrogens with one attached hydrogen (secondary N) is 3. The average molecular weight is 1330 g/mol. The van der Waals surface area contributed by atoms with Crippen molar-refractivity contribution >= 4 is 94.8 Å². The average Bonchev–Trinajstić information content (AvgIpc) is 4.38. The van der Waals surface area contributed by atoms with Crippen molar-refractivity contribution in [3.05, 3.63) is 122 Å². The van der Waals surface area contributed by atoms with Crippen LogP contribution in [-0.2, 0) is 41.2 Å². The van der Waals surface area contributed by atoms with Crippen molar-refractivity contribution in [2.75, 3.05) is 52.2 Å². The molecule has 0 spiro atoms. The van der Waals surface area contributed by atoms with Crippen LogP contribution in [-0.4, -0.2) is 141 Å². The molecule has 7 atom stereocenters. The van der Waals surface area contributed by atoms with Crippen molar-refractivity contribution < 1.29 is 81.1 Å². The number of rotatable bonds is 21. The molecule has 4 aromatic heterocycles. The first-order valence-corrected chi connectivity index (χ1v) is 30.0. The van der Waals surface area contributed by atoms with Crippen molar-refractivity contribution in [3.63, 3.8) is 0 Å². The van der Waals surface area contributed by atoms with Crippen LogP contribution in [0.2, 0.25) is 0 Å². The Morgan fingerprint density at radius 1 is 0.815 bits per heavy atom. The van der Waals surface area contributed by atoms with E-state index in [2.05, 4.69) is 14.6 Å². The predicted octanol–water partition coefficient (Wildman–Crippen LogP) is 6.96. The number of nitro groups is 2. The first kappa shape index (κ1) is 77.5. The monoisotopic (exact) mass is 1330 g/mol. The summed E-state index contributed by atoms with van der Waals surface area (Å²) < 4.78 is 74.5. The van der Waals surface area contributed by atoms with Crippen molar-refractivity contribution in [2.45, 2.75) is 115 Å². The minimum absolute atomic E-state index is 0. The van der Waals surface area contributed by atoms with E-state index in [4.69, 9.17) is 95.3 Å². The number of halogens is 8. The molecule has 0 saturated carbocycles. The van der Waals surface area contributed by atoms with Gasteiger partial charge in [0, 0.05) is 31.1 Å². The Morgan fingerprint density at radius 3 is 1.63 bits per heavy atom. The van der Waals surface area contributed by atoms with E-state index < -0.39 is 126 Å². The molecule has 6 rings (SSSR count). The van der Waals surface area contributed by atoms with E-state index in [-0.39, 0.29) is 55.8 Å². The van der Waals surface area contributed by atoms with E-state index >= 15 is 0 Å². The normalized spacial score (nSPS) is 19.0. The second-order valence-corrected chi connectivity index (χ2v) is 25.1. The number of hydrogen-bond acceptors (Lipinski definition) is 22. The highest BCUT2D eigenvalue weighted by Crippen LogP contribution is 2.53. The summed E-state index contributed by atoms with van der Waals surface area (Å²) in [6.07, 6.45) is -1.21. The Hall–Kier alpha value is -3.50. The summed E-state index contributed by atoms with van der Waals surface area (Å²) in [7, 11) is -0.596. The Balaban J connectivity index is 0.00000116. The van der Waals surface area contributed by atoms with Crippen LogP contribution >= 0.6 is 83.1 Å². The largest absolute Gasteiger partial charge is 0.433 e. The number of nitrogens with zero attached hydrogens (tertiary/aromatic N) is 5. The highest BCUT2D eigenvalue weighted by Gasteiger charge is 2.40. The van der Waals surface area contributed by atoms with Gasteiger partial charge in [0.1, 0.15) is 59.2 Å². The number of aromatic nitrogens is 4. The van der Waals surface area contributed by atoms with Crippen LogP contribution in [0.5, 0.6) is 0 Å². The number of aromatic amines is 2. The van der Waals surface area contributed by atoms with Gasteiger partial charge in [-0.3, -0.25) is 63.2 Å². The summed E-state index contributed by atoms with van der Waals surface area (Å²) in [6.45, 7) is 5.11. The lowest BCUT2D eigenvalue weighted by atomic mass is 10.2. The first-order valence-electron chi connectivity index (χ1n) is 23.4. The minimum Gasteiger partial charge on any atom is -0.403 e. The van der Waals surface area contributed by atoms with E-state index in [1.165, 1.54) is 36.3 Å². The van der Waals surface area contributed by atoms with Crippen LogP contribution < -0.4 is 27.8 Å². The van der Waals surface area contributed by atoms with E-state index in [0.29, 0.717) is 24.9 Å². The number of unbranched alkanes of at least 4 members (excludes halogenated alkanes) is 2. The summed E-state index contributed by atoms with van der Waals surface area (Å²) >= 11 is 25.7. The van der Waals surface area contributed by atoms with Crippen LogP contribution in [0.3, 0.4) is 0 Å². The summed E-state index contributed by atoms with van der Waals surface area (Å²) in [5.74, 6) is -2.96. The quantitative estimate of drug-likeness (QED) is 0.0104. The summed E-state index contributed by atoms with van der Waals surface area (Å²) in [6, 6.07) is 4.98. The SMILES string of the molecule is CC(C)(C)OO.CN(CCCCCl)P(=O)(OCc1ccc([N+](=O)[O-])o1)OCC1OC(n2cc(F)c(=O)[nH]c2=O)CC1O.CNCCCCCl.Cl.ClP(Cl)Cl.O=[N+]([O-])c1ccc(CO)o1.O=c1[nH]c(=O)n(C2CC(O)C(CO)O2)cc1F. The van der Waals surface area contributed by atoms with Gasteiger partial charge in [-0.05, 0) is 79.2 Å². The van der Waals surface area contributed by atoms with Crippen LogP contribution in [0.1, 0.15) is 83.3 Å². The number of ether oxygens (including phenoxy) is 2. The maximum atomic E-state index is 13.6. The van der Waals surface area contributed by atoms with Gasteiger partial charge in [-0.1, -0.05) is 33.7 Å². The Bertz CT molecular complexity index is 2750. The van der Waals surface area contributed by atoms with E-state index in [0.717, 1.165) is 40.2 Å². The molecule has 0 aromatic carbocycles. The number of hydrogen-bond donors (Lipinski definition) is 8. The van der Waals surface area contributed by atoms with Crippen molar-refractivity contribution in [3.8, 4) is 0 Å². The number of aliphatic hydroxyl groups is 4. The number of furan rings is 2. The molecule has 464 valence electrons. The Labute approximate surface area is 491 Å². The van der Waals surface area contributed by atoms with Gasteiger partial charge in [-0.2, -0.15) is 8.78 Å². The standard InChI is InChI=1S/C19H25ClFN4O10P.C9H11FN2O5.C5H12ClN.C5H5NO4.C4H10O2.Cl3P.ClH/c1-23(7-3-2-6-20)36(31,32-10-12-4-5-16(34-12)25(29)30)33-11-15-14(26)8-17(35-15)24-9-13(21)18(27)22-19(24)28;10-4-2-12(9(16)11-8(4)15)7-1-5(14)6(3-13)17-7;1-7-5-3-2-4-6;7-3-4-1-2-5(10-4)6(8)9;1-4(2,3)6-5;1-4(2)3;/h4-5,9,14-15,17,26H,2-3,6-8,10-11H2,1H3,(H,22,27,28);2,5-7,13-14H,1,3H2,(H,11,15,16);7H,2-5H2,1H3;1-2,7H,3H2;5H,1-3H3;;1H. The molecule has 4 aromatic rings. The fourth-order valence-corrected chi connectivity index (χ4v) is 7.89. The van der Waals surface area contributed by atoms with Gasteiger partial charge >= 0.3 is 30.9 Å². The molecular formula is C42H64Cl6F2N8O21P2. The molecule has 0 aliphatic carbocycles. The maximum Gasteiger partial charge on any atom is 0.433 e. The van der Waals surface area contributed by atoms with E-state index in [1.54, 1.807) is 30.7 Å². The second-order valence-electron chi connectivity index (χ2n) is 17.2. The molecule has 2 aliphatic rings. The molecule has 6 heterocycles. The molecular weight excluding hydrogens is 1270 g/mol. The molecule has 0 bridgehead atoms. The molecule has 39 heteroatoms. The van der Waals surface area contributed by atoms with Gasteiger partial charge in [-0.25, -0.2) is 23.7 Å². The minimum atomic E-state index is -4.03. The predicted molar refractivity (Wildman–Crippen MR) is 295 cm³/mol. The zero-order valence-electron chi connectivity index (χ0n) is 43.8. The summed E-state index contributed by atoms with van der Waals surface area (Å²) in [4.78, 5) is 72.4. The van der Waals surface area contributed by atoms with Gasteiger partial charge in [0.05, 0.1) is 55.5 Å². The van der Waals surface area contributed by atoms with E-state index in [1.807, 2.05) is 7.05 Å². The van der Waals surface area contributed by atoms with Crippen LogP contribution in [0, 0.1) is 31.9 Å². The topological polar surface area (TPSA) is 402 Å². The molecule has 0 amide bonds. The molecule has 2 saturated heterocycles. The molecule has 0 radical (unpaired) electrons. The molecule has 7 unspecified atom stereocenters. The third kappa shape index (κ3) is 29.2. The molecule has 8 N–H and O–H groups in total. The van der Waals surface area contributed by atoms with Crippen molar-refractivity contribution in [2.24, 2.45) is 0 Å². The smallest absolute Gasteiger partial charge is 0.403 e. The fraction of sp³-hybridized carbons (Fsp3) is 0.619. The number of alkyl halides is 2. The Morgan fingerprint density at radius 2 is 1.25 bits per heavy atom. The van der Waals surface area contributed by atoms with Gasteiger partial charge in [0.25, 0.3) is 11.1 Å². The fourth-order valence-electron chi connectivity index (χ4n) is 6.03. The van der Waals surface area contributed by atoms with Crippen molar-refractivity contribution in [1.29, 1.82) is 0 Å². The van der Waals surface area contributed by atoms with Gasteiger partial charge < -0.3 is 44.1 Å². The second kappa shape index (κ2) is 39.9. The van der Waals surface area contributed by atoms with Gasteiger partial charge in [-0.15, -0.1) is 35.6 Å². The van der Waals surface area contributed by atoms with Crippen LogP contribution in [0.25, 0.3) is 0 Å². The Kier molecular flexibility index (Phi) is 38.2. The molecule has 2 aliphatic heterocycles. The first-order chi connectivity index (χ1) is 37.5. The van der Waals surface area contributed by atoms with Crippen molar-refractivity contribution in [1.82, 2.24) is 29.1 Å². The lowest BCUT2D eigenvalue weighted by molar-refractivity contribution is -0.402. The molecule has 29 nitrogen and oxygen atoms in total. The summed E-state index contributed by atoms with van der Waals surface area (Å²) in [5.41, 5.74) is -4.46. The zero-order chi connectivity index (χ0) is 60.9. The third-order valence-electron chi connectivity index (χ3n) is 10.0. The number of aliphatic hydroxyl groups excluding tert-OH is 4.